The fourth-order valence-electron chi connectivity index (χ4n) is 1.54. The van der Waals surface area contributed by atoms with Crippen molar-refractivity contribution in [3.63, 3.8) is 0 Å². The number of benzene rings is 1. The summed E-state index contributed by atoms with van der Waals surface area (Å²) in [7, 11) is 0. The molecule has 0 aliphatic rings. The Morgan fingerprint density at radius 1 is 1.29 bits per heavy atom. The molecule has 0 fully saturated rings. The molecule has 0 radical (unpaired) electrons. The molecule has 0 atom stereocenters. The number of rotatable bonds is 5. The van der Waals surface area contributed by atoms with Gasteiger partial charge in [0.25, 0.3) is 0 Å². The van der Waals surface area contributed by atoms with E-state index in [1.165, 1.54) is 17.0 Å². The zero-order valence-electron chi connectivity index (χ0n) is 9.74. The van der Waals surface area contributed by atoms with Crippen molar-refractivity contribution in [1.29, 1.82) is 0 Å². The summed E-state index contributed by atoms with van der Waals surface area (Å²) in [5.74, 6) is -0.194. The highest BCUT2D eigenvalue weighted by atomic mass is 32.1. The SMILES string of the molecule is CCNCc1cnc(Cc2ccc(F)cc2)s1. The molecule has 0 aliphatic heterocycles. The third-order valence-electron chi connectivity index (χ3n) is 2.42. The van der Waals surface area contributed by atoms with E-state index in [-0.39, 0.29) is 5.82 Å². The van der Waals surface area contributed by atoms with Crippen LogP contribution in [0.25, 0.3) is 0 Å². The minimum absolute atomic E-state index is 0.194. The van der Waals surface area contributed by atoms with E-state index in [4.69, 9.17) is 0 Å². The van der Waals surface area contributed by atoms with Gasteiger partial charge in [0.05, 0.1) is 5.01 Å². The molecule has 0 unspecified atom stereocenters. The highest BCUT2D eigenvalue weighted by Crippen LogP contribution is 2.17. The van der Waals surface area contributed by atoms with Gasteiger partial charge in [0.15, 0.2) is 0 Å². The van der Waals surface area contributed by atoms with E-state index in [1.54, 1.807) is 23.5 Å². The number of aromatic nitrogens is 1. The van der Waals surface area contributed by atoms with Crippen LogP contribution in [0, 0.1) is 5.82 Å². The second-order valence-electron chi connectivity index (χ2n) is 3.80. The van der Waals surface area contributed by atoms with Gasteiger partial charge < -0.3 is 5.32 Å². The van der Waals surface area contributed by atoms with Crippen molar-refractivity contribution in [3.05, 3.63) is 51.7 Å². The third-order valence-corrected chi connectivity index (χ3v) is 3.42. The molecule has 1 aromatic carbocycles. The summed E-state index contributed by atoms with van der Waals surface area (Å²) in [6.07, 6.45) is 2.68. The molecule has 0 saturated heterocycles. The average molecular weight is 250 g/mol. The maximum Gasteiger partial charge on any atom is 0.123 e. The second-order valence-corrected chi connectivity index (χ2v) is 5.00. The number of nitrogens with one attached hydrogen (secondary N) is 1. The Kier molecular flexibility index (Phi) is 4.23. The van der Waals surface area contributed by atoms with Crippen LogP contribution in [0.5, 0.6) is 0 Å². The van der Waals surface area contributed by atoms with E-state index in [9.17, 15) is 4.39 Å². The first-order valence-corrected chi connectivity index (χ1v) is 6.48. The molecule has 2 rings (SSSR count). The van der Waals surface area contributed by atoms with E-state index in [2.05, 4.69) is 17.2 Å². The average Bonchev–Trinajstić information content (AvgIpc) is 2.77. The molecule has 0 saturated carbocycles. The minimum Gasteiger partial charge on any atom is -0.312 e. The molecule has 90 valence electrons. The Balaban J connectivity index is 1.98. The largest absolute Gasteiger partial charge is 0.312 e. The van der Waals surface area contributed by atoms with Gasteiger partial charge >= 0.3 is 0 Å². The lowest BCUT2D eigenvalue weighted by molar-refractivity contribution is 0.627. The van der Waals surface area contributed by atoms with E-state index < -0.39 is 0 Å². The van der Waals surface area contributed by atoms with E-state index in [0.717, 1.165) is 30.1 Å². The summed E-state index contributed by atoms with van der Waals surface area (Å²) in [4.78, 5) is 5.61. The first kappa shape index (κ1) is 12.2. The van der Waals surface area contributed by atoms with Gasteiger partial charge in [-0.1, -0.05) is 19.1 Å². The summed E-state index contributed by atoms with van der Waals surface area (Å²) in [5.41, 5.74) is 1.09. The van der Waals surface area contributed by atoms with Crippen molar-refractivity contribution in [1.82, 2.24) is 10.3 Å². The van der Waals surface area contributed by atoms with Gasteiger partial charge in [0.2, 0.25) is 0 Å². The molecule has 4 heteroatoms. The lowest BCUT2D eigenvalue weighted by Gasteiger charge is -1.97. The van der Waals surface area contributed by atoms with E-state index in [1.807, 2.05) is 6.20 Å². The first-order chi connectivity index (χ1) is 8.28. The zero-order chi connectivity index (χ0) is 12.1. The Morgan fingerprint density at radius 3 is 2.76 bits per heavy atom. The number of thiazole rings is 1. The predicted molar refractivity (Wildman–Crippen MR) is 68.7 cm³/mol. The lowest BCUT2D eigenvalue weighted by Crippen LogP contribution is -2.10. The van der Waals surface area contributed by atoms with Crippen molar-refractivity contribution in [3.8, 4) is 0 Å². The fourth-order valence-corrected chi connectivity index (χ4v) is 2.46. The monoisotopic (exact) mass is 250 g/mol. The molecule has 0 spiro atoms. The number of hydrogen-bond acceptors (Lipinski definition) is 3. The summed E-state index contributed by atoms with van der Waals surface area (Å²) >= 11 is 1.70. The van der Waals surface area contributed by atoms with Crippen LogP contribution < -0.4 is 5.32 Å². The molecule has 1 N–H and O–H groups in total. The van der Waals surface area contributed by atoms with Crippen LogP contribution in [0.2, 0.25) is 0 Å². The molecule has 1 aromatic heterocycles. The topological polar surface area (TPSA) is 24.9 Å². The van der Waals surface area contributed by atoms with Gasteiger partial charge in [-0.3, -0.25) is 0 Å². The molecule has 17 heavy (non-hydrogen) atoms. The van der Waals surface area contributed by atoms with Crippen LogP contribution in [0.4, 0.5) is 4.39 Å². The quantitative estimate of drug-likeness (QED) is 0.882. The Bertz CT molecular complexity index is 465. The van der Waals surface area contributed by atoms with Crippen LogP contribution in [0.15, 0.2) is 30.5 Å². The molecule has 1 heterocycles. The number of nitrogens with zero attached hydrogens (tertiary/aromatic N) is 1. The summed E-state index contributed by atoms with van der Waals surface area (Å²) in [5, 5.41) is 4.34. The van der Waals surface area contributed by atoms with Crippen molar-refractivity contribution in [2.75, 3.05) is 6.54 Å². The highest BCUT2D eigenvalue weighted by Gasteiger charge is 2.03. The maximum atomic E-state index is 12.7. The van der Waals surface area contributed by atoms with Crippen molar-refractivity contribution < 1.29 is 4.39 Å². The van der Waals surface area contributed by atoms with Crippen molar-refractivity contribution >= 4 is 11.3 Å². The molecular formula is C13H15FN2S. The molecule has 2 aromatic rings. The standard InChI is InChI=1S/C13H15FN2S/c1-2-15-8-12-9-16-13(17-12)7-10-3-5-11(14)6-4-10/h3-6,9,15H,2,7-8H2,1H3. The highest BCUT2D eigenvalue weighted by molar-refractivity contribution is 7.11. The first-order valence-electron chi connectivity index (χ1n) is 5.66. The lowest BCUT2D eigenvalue weighted by atomic mass is 10.2. The van der Waals surface area contributed by atoms with Gasteiger partial charge in [-0.15, -0.1) is 11.3 Å². The fraction of sp³-hybridized carbons (Fsp3) is 0.308. The summed E-state index contributed by atoms with van der Waals surface area (Å²) in [6.45, 7) is 3.92. The molecule has 0 bridgehead atoms. The summed E-state index contributed by atoms with van der Waals surface area (Å²) in [6, 6.07) is 6.59. The molecule has 0 aliphatic carbocycles. The summed E-state index contributed by atoms with van der Waals surface area (Å²) < 4.78 is 12.7. The third kappa shape index (κ3) is 3.61. The van der Waals surface area contributed by atoms with Gasteiger partial charge in [-0.05, 0) is 24.2 Å². The Hall–Kier alpha value is -1.26. The Morgan fingerprint density at radius 2 is 2.06 bits per heavy atom. The van der Waals surface area contributed by atoms with Crippen LogP contribution in [0.1, 0.15) is 22.4 Å². The van der Waals surface area contributed by atoms with Crippen LogP contribution in [0.3, 0.4) is 0 Å². The van der Waals surface area contributed by atoms with E-state index >= 15 is 0 Å². The smallest absolute Gasteiger partial charge is 0.123 e. The van der Waals surface area contributed by atoms with Gasteiger partial charge in [0, 0.05) is 24.0 Å². The van der Waals surface area contributed by atoms with Crippen LogP contribution in [-0.4, -0.2) is 11.5 Å². The number of hydrogen-bond donors (Lipinski definition) is 1. The molecule has 2 nitrogen and oxygen atoms in total. The van der Waals surface area contributed by atoms with Crippen LogP contribution >= 0.6 is 11.3 Å². The Labute approximate surface area is 105 Å². The van der Waals surface area contributed by atoms with Gasteiger partial charge in [-0.25, -0.2) is 9.37 Å². The second kappa shape index (κ2) is 5.89. The maximum absolute atomic E-state index is 12.7. The van der Waals surface area contributed by atoms with Gasteiger partial charge in [0.1, 0.15) is 5.82 Å². The normalized spacial score (nSPS) is 10.7. The minimum atomic E-state index is -0.194. The molecular weight excluding hydrogens is 235 g/mol. The van der Waals surface area contributed by atoms with E-state index in [0.29, 0.717) is 0 Å². The zero-order valence-corrected chi connectivity index (χ0v) is 10.6. The predicted octanol–water partition coefficient (Wildman–Crippen LogP) is 2.98. The van der Waals surface area contributed by atoms with Gasteiger partial charge in [-0.2, -0.15) is 0 Å². The molecule has 0 amide bonds. The van der Waals surface area contributed by atoms with Crippen molar-refractivity contribution in [2.45, 2.75) is 19.9 Å². The van der Waals surface area contributed by atoms with Crippen molar-refractivity contribution in [2.24, 2.45) is 0 Å². The number of halogens is 1. The van der Waals surface area contributed by atoms with Crippen LogP contribution in [-0.2, 0) is 13.0 Å².